The Labute approximate surface area is 171 Å². The van der Waals surface area contributed by atoms with Crippen LogP contribution in [0, 0.1) is 6.92 Å². The molecule has 0 saturated carbocycles. The van der Waals surface area contributed by atoms with Gasteiger partial charge >= 0.3 is 11.7 Å². The van der Waals surface area contributed by atoms with Crippen LogP contribution < -0.4 is 21.8 Å². The number of carbonyl (C=O) groups is 1. The van der Waals surface area contributed by atoms with Gasteiger partial charge in [-0.3, -0.25) is 0 Å². The van der Waals surface area contributed by atoms with Crippen molar-refractivity contribution < 1.29 is 38.4 Å². The minimum absolute atomic E-state index is 0.0634. The van der Waals surface area contributed by atoms with Crippen molar-refractivity contribution in [3.05, 3.63) is 28.1 Å². The number of methoxy groups -OCH3 is 1. The number of nitrogen functional groups attached to an aromatic ring is 1. The monoisotopic (exact) mass is 424 g/mol. The van der Waals surface area contributed by atoms with Crippen molar-refractivity contribution in [1.29, 1.82) is 0 Å². The van der Waals surface area contributed by atoms with E-state index < -0.39 is 53.4 Å². The highest BCUT2D eigenvalue weighted by atomic mass is 16.7. The first kappa shape index (κ1) is 21.7. The first-order chi connectivity index (χ1) is 14.0. The lowest BCUT2D eigenvalue weighted by molar-refractivity contribution is -0.304. The van der Waals surface area contributed by atoms with E-state index in [2.05, 4.69) is 0 Å². The van der Waals surface area contributed by atoms with E-state index in [0.717, 1.165) is 0 Å². The van der Waals surface area contributed by atoms with Crippen molar-refractivity contribution in [2.24, 2.45) is 5.73 Å². The summed E-state index contributed by atoms with van der Waals surface area (Å²) in [6, 6.07) is 2.94. The van der Waals surface area contributed by atoms with Crippen molar-refractivity contribution in [2.45, 2.75) is 51.0 Å². The predicted octanol–water partition coefficient (Wildman–Crippen LogP) is 0.743. The molecule has 1 aromatic carbocycles. The van der Waals surface area contributed by atoms with Crippen molar-refractivity contribution in [3.63, 3.8) is 0 Å². The fourth-order valence-corrected chi connectivity index (χ4v) is 3.58. The Kier molecular flexibility index (Phi) is 5.54. The van der Waals surface area contributed by atoms with Crippen molar-refractivity contribution in [1.82, 2.24) is 0 Å². The number of primary amides is 1. The van der Waals surface area contributed by atoms with Gasteiger partial charge in [-0.25, -0.2) is 9.59 Å². The number of rotatable bonds is 4. The van der Waals surface area contributed by atoms with E-state index in [4.69, 9.17) is 34.8 Å². The van der Waals surface area contributed by atoms with Gasteiger partial charge in [-0.05, 0) is 32.9 Å². The molecule has 4 atom stereocenters. The number of ether oxygens (including phenoxy) is 4. The molecule has 1 aliphatic heterocycles. The lowest BCUT2D eigenvalue weighted by Gasteiger charge is -2.47. The molecule has 0 spiro atoms. The maximum atomic E-state index is 11.8. The van der Waals surface area contributed by atoms with Crippen LogP contribution >= 0.6 is 0 Å². The average molecular weight is 424 g/mol. The van der Waals surface area contributed by atoms with E-state index >= 15 is 0 Å². The third-order valence-electron chi connectivity index (χ3n) is 5.05. The van der Waals surface area contributed by atoms with Crippen LogP contribution in [0.5, 0.6) is 11.5 Å². The highest BCUT2D eigenvalue weighted by Gasteiger charge is 2.53. The number of hydrogen-bond acceptors (Lipinski definition) is 10. The Balaban J connectivity index is 1.99. The summed E-state index contributed by atoms with van der Waals surface area (Å²) >= 11 is 0. The van der Waals surface area contributed by atoms with Gasteiger partial charge in [0.1, 0.15) is 17.4 Å². The number of fused-ring (bicyclic) bond motifs is 1. The molecule has 30 heavy (non-hydrogen) atoms. The molecule has 1 saturated heterocycles. The molecule has 6 N–H and O–H groups in total. The molecule has 2 heterocycles. The van der Waals surface area contributed by atoms with Crippen LogP contribution in [0.25, 0.3) is 11.0 Å². The number of aromatic hydroxyl groups is 1. The minimum atomic E-state index is -1.45. The summed E-state index contributed by atoms with van der Waals surface area (Å²) in [7, 11) is 1.38. The maximum Gasteiger partial charge on any atom is 0.404 e. The van der Waals surface area contributed by atoms with E-state index in [1.807, 2.05) is 0 Å². The molecule has 164 valence electrons. The zero-order chi connectivity index (χ0) is 22.4. The molecule has 3 rings (SSSR count). The summed E-state index contributed by atoms with van der Waals surface area (Å²) < 4.78 is 27.2. The average Bonchev–Trinajstić information content (AvgIpc) is 2.66. The largest absolute Gasteiger partial charge is 0.505 e. The standard InChI is InChI=1S/C19H24N2O9/c1-7-9(6-5-8-11(22)10(20)16(24)28-13(7)8)27-17-12(23)14(29-18(21)25)15(26-4)19(2,3)30-17/h5-6,12,14-15,17,22-23H,20H2,1-4H3,(H2,21,25)/t12-,14+,15-,17-/m1/s1. The minimum Gasteiger partial charge on any atom is -0.505 e. The van der Waals surface area contributed by atoms with Crippen molar-refractivity contribution >= 4 is 22.7 Å². The number of hydrogen-bond donors (Lipinski definition) is 4. The molecule has 0 aliphatic carbocycles. The topological polar surface area (TPSA) is 177 Å². The van der Waals surface area contributed by atoms with Gasteiger partial charge < -0.3 is 45.0 Å². The van der Waals surface area contributed by atoms with Crippen LogP contribution in [0.3, 0.4) is 0 Å². The zero-order valence-electron chi connectivity index (χ0n) is 16.9. The summed E-state index contributed by atoms with van der Waals surface area (Å²) in [6.07, 6.45) is -5.80. The third-order valence-corrected chi connectivity index (χ3v) is 5.05. The van der Waals surface area contributed by atoms with Gasteiger partial charge in [0.2, 0.25) is 6.29 Å². The van der Waals surface area contributed by atoms with Gasteiger partial charge in [0.05, 0.1) is 11.0 Å². The van der Waals surface area contributed by atoms with Crippen molar-refractivity contribution in [2.75, 3.05) is 12.8 Å². The summed E-state index contributed by atoms with van der Waals surface area (Å²) in [6.45, 7) is 4.94. The van der Waals surface area contributed by atoms with E-state index in [0.29, 0.717) is 5.56 Å². The van der Waals surface area contributed by atoms with Gasteiger partial charge in [0.25, 0.3) is 0 Å². The smallest absolute Gasteiger partial charge is 0.404 e. The second-order valence-electron chi connectivity index (χ2n) is 7.47. The molecule has 11 nitrogen and oxygen atoms in total. The molecule has 1 amide bonds. The van der Waals surface area contributed by atoms with Crippen LogP contribution in [0.4, 0.5) is 10.5 Å². The van der Waals surface area contributed by atoms with Gasteiger partial charge in [-0.2, -0.15) is 0 Å². The number of amides is 1. The fourth-order valence-electron chi connectivity index (χ4n) is 3.58. The van der Waals surface area contributed by atoms with Crippen LogP contribution in [-0.2, 0) is 14.2 Å². The molecule has 1 aliphatic rings. The Morgan fingerprint density at radius 1 is 1.30 bits per heavy atom. The van der Waals surface area contributed by atoms with E-state index in [9.17, 15) is 19.8 Å². The maximum absolute atomic E-state index is 11.8. The van der Waals surface area contributed by atoms with Crippen LogP contribution in [-0.4, -0.2) is 53.6 Å². The summed E-state index contributed by atoms with van der Waals surface area (Å²) in [5.41, 5.74) is 8.74. The quantitative estimate of drug-likeness (QED) is 0.512. The lowest BCUT2D eigenvalue weighted by atomic mass is 9.89. The number of aliphatic hydroxyl groups excluding tert-OH is 1. The molecule has 0 bridgehead atoms. The Bertz CT molecular complexity index is 1030. The van der Waals surface area contributed by atoms with E-state index in [1.54, 1.807) is 20.8 Å². The summed E-state index contributed by atoms with van der Waals surface area (Å²) in [5.74, 6) is -0.202. The van der Waals surface area contributed by atoms with Gasteiger partial charge in [-0.15, -0.1) is 0 Å². The van der Waals surface area contributed by atoms with E-state index in [1.165, 1.54) is 19.2 Å². The number of aryl methyl sites for hydroxylation is 1. The normalized spacial score (nSPS) is 25.8. The number of nitrogens with two attached hydrogens (primary N) is 2. The molecule has 2 aromatic rings. The number of benzene rings is 1. The molecule has 1 fully saturated rings. The second kappa shape index (κ2) is 7.67. The Hall–Kier alpha value is -3.02. The summed E-state index contributed by atoms with van der Waals surface area (Å²) in [5, 5.41) is 21.0. The lowest BCUT2D eigenvalue weighted by Crippen LogP contribution is -2.65. The highest BCUT2D eigenvalue weighted by molar-refractivity contribution is 5.90. The van der Waals surface area contributed by atoms with Gasteiger partial charge in [0, 0.05) is 12.7 Å². The first-order valence-corrected chi connectivity index (χ1v) is 9.04. The molecular formula is C19H24N2O9. The molecule has 1 aromatic heterocycles. The van der Waals surface area contributed by atoms with Crippen molar-refractivity contribution in [3.8, 4) is 11.5 Å². The molecule has 0 radical (unpaired) electrons. The fraction of sp³-hybridized carbons (Fsp3) is 0.474. The van der Waals surface area contributed by atoms with Crippen LogP contribution in [0.1, 0.15) is 19.4 Å². The van der Waals surface area contributed by atoms with Crippen LogP contribution in [0.15, 0.2) is 21.3 Å². The molecular weight excluding hydrogens is 400 g/mol. The highest BCUT2D eigenvalue weighted by Crippen LogP contribution is 2.37. The molecule has 11 heteroatoms. The first-order valence-electron chi connectivity index (χ1n) is 9.04. The zero-order valence-corrected chi connectivity index (χ0v) is 16.9. The number of aliphatic hydroxyl groups is 1. The Morgan fingerprint density at radius 2 is 1.97 bits per heavy atom. The van der Waals surface area contributed by atoms with Gasteiger partial charge in [0.15, 0.2) is 23.6 Å². The third kappa shape index (κ3) is 3.62. The SMILES string of the molecule is CO[C@@H]1[C@@H](OC(N)=O)[C@@H](O)[C@H](Oc2ccc3c(O)c(N)c(=O)oc3c2C)OC1(C)C. The number of anilines is 1. The van der Waals surface area contributed by atoms with Gasteiger partial charge in [-0.1, -0.05) is 0 Å². The van der Waals surface area contributed by atoms with E-state index in [-0.39, 0.29) is 16.7 Å². The van der Waals surface area contributed by atoms with Crippen LogP contribution in [0.2, 0.25) is 0 Å². The predicted molar refractivity (Wildman–Crippen MR) is 104 cm³/mol. The number of carbonyl (C=O) groups excluding carboxylic acids is 1. The second-order valence-corrected chi connectivity index (χ2v) is 7.47. The Morgan fingerprint density at radius 3 is 2.57 bits per heavy atom. The molecule has 0 unspecified atom stereocenters. The summed E-state index contributed by atoms with van der Waals surface area (Å²) in [4.78, 5) is 23.1.